The second-order valence-corrected chi connectivity index (χ2v) is 6.32. The van der Waals surface area contributed by atoms with E-state index in [1.807, 2.05) is 12.1 Å². The first kappa shape index (κ1) is 18.8. The van der Waals surface area contributed by atoms with Gasteiger partial charge < -0.3 is 9.47 Å². The number of rotatable bonds is 11. The van der Waals surface area contributed by atoms with Gasteiger partial charge in [-0.05, 0) is 49.8 Å². The molecule has 0 amide bonds. The minimum atomic E-state index is 0.393. The molecule has 1 aromatic rings. The highest BCUT2D eigenvalue weighted by molar-refractivity contribution is 5.50. The van der Waals surface area contributed by atoms with Crippen LogP contribution < -0.4 is 4.74 Å². The first-order chi connectivity index (χ1) is 10.6. The largest absolute Gasteiger partial charge is 0.497 e. The number of methoxy groups -OCH3 is 1. The van der Waals surface area contributed by atoms with Gasteiger partial charge in [-0.1, -0.05) is 51.0 Å². The summed E-state index contributed by atoms with van der Waals surface area (Å²) >= 11 is 0. The molecule has 0 saturated carbocycles. The molecule has 0 aliphatic heterocycles. The van der Waals surface area contributed by atoms with E-state index >= 15 is 0 Å². The van der Waals surface area contributed by atoms with Gasteiger partial charge >= 0.3 is 0 Å². The van der Waals surface area contributed by atoms with Crippen LogP contribution in [0.15, 0.2) is 30.3 Å². The SMILES string of the molecule is COc1ccc(/C=C/CCCOC(C)CCCC(C)C)cc1. The van der Waals surface area contributed by atoms with Gasteiger partial charge in [-0.2, -0.15) is 0 Å². The molecule has 0 saturated heterocycles. The molecule has 22 heavy (non-hydrogen) atoms. The van der Waals surface area contributed by atoms with Gasteiger partial charge in [0.15, 0.2) is 0 Å². The monoisotopic (exact) mass is 304 g/mol. The van der Waals surface area contributed by atoms with Crippen molar-refractivity contribution in [1.82, 2.24) is 0 Å². The highest BCUT2D eigenvalue weighted by Gasteiger charge is 2.02. The highest BCUT2D eigenvalue weighted by atomic mass is 16.5. The van der Waals surface area contributed by atoms with Crippen LogP contribution in [0.1, 0.15) is 58.4 Å². The Morgan fingerprint density at radius 1 is 1.00 bits per heavy atom. The summed E-state index contributed by atoms with van der Waals surface area (Å²) in [5, 5.41) is 0. The predicted molar refractivity (Wildman–Crippen MR) is 95.4 cm³/mol. The number of benzene rings is 1. The van der Waals surface area contributed by atoms with Crippen molar-refractivity contribution < 1.29 is 9.47 Å². The van der Waals surface area contributed by atoms with Crippen LogP contribution in [-0.4, -0.2) is 19.8 Å². The Morgan fingerprint density at radius 2 is 1.73 bits per heavy atom. The van der Waals surface area contributed by atoms with Crippen molar-refractivity contribution in [3.05, 3.63) is 35.9 Å². The Balaban J connectivity index is 2.07. The van der Waals surface area contributed by atoms with Crippen molar-refractivity contribution in [1.29, 1.82) is 0 Å². The van der Waals surface area contributed by atoms with Crippen LogP contribution in [-0.2, 0) is 4.74 Å². The van der Waals surface area contributed by atoms with Crippen LogP contribution in [0.3, 0.4) is 0 Å². The molecular formula is C20H32O2. The topological polar surface area (TPSA) is 18.5 Å². The van der Waals surface area contributed by atoms with Crippen LogP contribution in [0.2, 0.25) is 0 Å². The Bertz CT molecular complexity index is 406. The lowest BCUT2D eigenvalue weighted by Gasteiger charge is -2.13. The summed E-state index contributed by atoms with van der Waals surface area (Å²) in [7, 11) is 1.69. The lowest BCUT2D eigenvalue weighted by molar-refractivity contribution is 0.0568. The smallest absolute Gasteiger partial charge is 0.118 e. The van der Waals surface area contributed by atoms with E-state index in [2.05, 4.69) is 45.1 Å². The third kappa shape index (κ3) is 8.89. The summed E-state index contributed by atoms with van der Waals surface area (Å²) in [5.74, 6) is 1.70. The number of unbranched alkanes of at least 4 members (excludes halogenated alkanes) is 1. The third-order valence-electron chi connectivity index (χ3n) is 3.74. The minimum Gasteiger partial charge on any atom is -0.497 e. The lowest BCUT2D eigenvalue weighted by Crippen LogP contribution is -2.09. The molecule has 1 rings (SSSR count). The summed E-state index contributed by atoms with van der Waals surface area (Å²) in [4.78, 5) is 0. The van der Waals surface area contributed by atoms with Crippen LogP contribution in [0.4, 0.5) is 0 Å². The van der Waals surface area contributed by atoms with Crippen LogP contribution in [0, 0.1) is 5.92 Å². The molecule has 0 spiro atoms. The van der Waals surface area contributed by atoms with Crippen molar-refractivity contribution >= 4 is 6.08 Å². The van der Waals surface area contributed by atoms with E-state index in [1.165, 1.54) is 24.8 Å². The predicted octanol–water partition coefficient (Wildman–Crippen LogP) is 5.72. The Kier molecular flexibility index (Phi) is 9.65. The van der Waals surface area contributed by atoms with Gasteiger partial charge in [0.1, 0.15) is 5.75 Å². The fourth-order valence-corrected chi connectivity index (χ4v) is 2.32. The molecule has 2 heteroatoms. The second kappa shape index (κ2) is 11.3. The lowest BCUT2D eigenvalue weighted by atomic mass is 10.0. The molecule has 0 radical (unpaired) electrons. The molecule has 0 fully saturated rings. The van der Waals surface area contributed by atoms with Crippen molar-refractivity contribution in [2.24, 2.45) is 5.92 Å². The van der Waals surface area contributed by atoms with Crippen molar-refractivity contribution in [3.8, 4) is 5.75 Å². The first-order valence-corrected chi connectivity index (χ1v) is 8.54. The van der Waals surface area contributed by atoms with Gasteiger partial charge in [-0.3, -0.25) is 0 Å². The molecule has 0 aliphatic carbocycles. The minimum absolute atomic E-state index is 0.393. The van der Waals surface area contributed by atoms with Gasteiger partial charge in [0, 0.05) is 6.61 Å². The molecule has 1 atom stereocenters. The van der Waals surface area contributed by atoms with Gasteiger partial charge in [-0.25, -0.2) is 0 Å². The average molecular weight is 304 g/mol. The number of hydrogen-bond acceptors (Lipinski definition) is 2. The summed E-state index contributed by atoms with van der Waals surface area (Å²) < 4.78 is 11.0. The quantitative estimate of drug-likeness (QED) is 0.487. The molecule has 0 aliphatic rings. The van der Waals surface area contributed by atoms with Crippen molar-refractivity contribution in [2.45, 2.75) is 59.0 Å². The van der Waals surface area contributed by atoms with E-state index in [0.29, 0.717) is 6.10 Å². The third-order valence-corrected chi connectivity index (χ3v) is 3.74. The fourth-order valence-electron chi connectivity index (χ4n) is 2.32. The van der Waals surface area contributed by atoms with Crippen LogP contribution >= 0.6 is 0 Å². The van der Waals surface area contributed by atoms with E-state index in [1.54, 1.807) is 7.11 Å². The Labute approximate surface area is 136 Å². The first-order valence-electron chi connectivity index (χ1n) is 8.54. The molecule has 0 bridgehead atoms. The fraction of sp³-hybridized carbons (Fsp3) is 0.600. The van der Waals surface area contributed by atoms with E-state index in [-0.39, 0.29) is 0 Å². The number of ether oxygens (including phenoxy) is 2. The summed E-state index contributed by atoms with van der Waals surface area (Å²) in [6.45, 7) is 7.60. The average Bonchev–Trinajstić information content (AvgIpc) is 2.51. The standard InChI is InChI=1S/C20H32O2/c1-17(2)9-8-10-18(3)22-16-7-5-6-11-19-12-14-20(21-4)15-13-19/h6,11-15,17-18H,5,7-10,16H2,1-4H3/b11-6+. The molecular weight excluding hydrogens is 272 g/mol. The zero-order valence-electron chi connectivity index (χ0n) is 14.7. The van der Waals surface area contributed by atoms with Crippen LogP contribution in [0.25, 0.3) is 6.08 Å². The number of hydrogen-bond donors (Lipinski definition) is 0. The van der Waals surface area contributed by atoms with Gasteiger partial charge in [0.25, 0.3) is 0 Å². The van der Waals surface area contributed by atoms with Gasteiger partial charge in [0.05, 0.1) is 13.2 Å². The van der Waals surface area contributed by atoms with Crippen molar-refractivity contribution in [3.63, 3.8) is 0 Å². The maximum atomic E-state index is 5.86. The van der Waals surface area contributed by atoms with Crippen molar-refractivity contribution in [2.75, 3.05) is 13.7 Å². The zero-order valence-corrected chi connectivity index (χ0v) is 14.7. The number of allylic oxidation sites excluding steroid dienone is 1. The zero-order chi connectivity index (χ0) is 16.2. The van der Waals surface area contributed by atoms with E-state index < -0.39 is 0 Å². The van der Waals surface area contributed by atoms with Crippen LogP contribution in [0.5, 0.6) is 5.75 Å². The highest BCUT2D eigenvalue weighted by Crippen LogP contribution is 2.13. The maximum absolute atomic E-state index is 5.86. The molecule has 0 aromatic heterocycles. The molecule has 0 N–H and O–H groups in total. The van der Waals surface area contributed by atoms with Gasteiger partial charge in [-0.15, -0.1) is 0 Å². The molecule has 0 heterocycles. The van der Waals surface area contributed by atoms with E-state index in [4.69, 9.17) is 9.47 Å². The summed E-state index contributed by atoms with van der Waals surface area (Å²) in [6, 6.07) is 8.12. The summed E-state index contributed by atoms with van der Waals surface area (Å²) in [6.07, 6.45) is 10.7. The maximum Gasteiger partial charge on any atom is 0.118 e. The molecule has 124 valence electrons. The summed E-state index contributed by atoms with van der Waals surface area (Å²) in [5.41, 5.74) is 1.21. The molecule has 2 nitrogen and oxygen atoms in total. The second-order valence-electron chi connectivity index (χ2n) is 6.32. The van der Waals surface area contributed by atoms with E-state index in [0.717, 1.165) is 31.1 Å². The Hall–Kier alpha value is -1.28. The molecule has 1 unspecified atom stereocenters. The molecule has 1 aromatic carbocycles. The Morgan fingerprint density at radius 3 is 2.36 bits per heavy atom. The van der Waals surface area contributed by atoms with E-state index in [9.17, 15) is 0 Å². The normalized spacial score (nSPS) is 13.0. The van der Waals surface area contributed by atoms with Gasteiger partial charge in [0.2, 0.25) is 0 Å².